The fraction of sp³-hybridized carbons (Fsp3) is 0.333. The number of fused-ring (bicyclic) bond motifs is 1. The van der Waals surface area contributed by atoms with Gasteiger partial charge in [-0.1, -0.05) is 13.0 Å². The summed E-state index contributed by atoms with van der Waals surface area (Å²) in [4.78, 5) is 2.55. The van der Waals surface area contributed by atoms with Crippen LogP contribution in [-0.2, 0) is 10.0 Å². The Morgan fingerprint density at radius 2 is 1.79 bits per heavy atom. The molecule has 28 heavy (non-hydrogen) atoms. The number of hydrogen-bond acceptors (Lipinski definition) is 5. The van der Waals surface area contributed by atoms with Crippen LogP contribution in [0.1, 0.15) is 13.3 Å². The molecule has 0 saturated carbocycles. The monoisotopic (exact) mass is 399 g/mol. The van der Waals surface area contributed by atoms with Crippen molar-refractivity contribution in [3.63, 3.8) is 0 Å². The summed E-state index contributed by atoms with van der Waals surface area (Å²) >= 11 is 0. The van der Waals surface area contributed by atoms with E-state index in [2.05, 4.69) is 16.3 Å². The number of aromatic nitrogens is 1. The van der Waals surface area contributed by atoms with Gasteiger partial charge in [0.2, 0.25) is 0 Å². The summed E-state index contributed by atoms with van der Waals surface area (Å²) in [7, 11) is -3.68. The molecule has 1 fully saturated rings. The van der Waals surface area contributed by atoms with Gasteiger partial charge < -0.3 is 15.0 Å². The number of hydrogen-bond donors (Lipinski definition) is 1. The number of anilines is 1. The van der Waals surface area contributed by atoms with Crippen molar-refractivity contribution in [2.45, 2.75) is 18.2 Å². The van der Waals surface area contributed by atoms with E-state index in [9.17, 15) is 8.42 Å². The quantitative estimate of drug-likeness (QED) is 0.690. The summed E-state index contributed by atoms with van der Waals surface area (Å²) in [5, 5.41) is 4.30. The minimum Gasteiger partial charge on any atom is -0.494 e. The van der Waals surface area contributed by atoms with E-state index in [1.165, 1.54) is 3.97 Å². The fourth-order valence-electron chi connectivity index (χ4n) is 3.56. The topological polar surface area (TPSA) is 63.6 Å². The lowest BCUT2D eigenvalue weighted by Gasteiger charge is -2.30. The number of ether oxygens (including phenoxy) is 1. The Morgan fingerprint density at radius 1 is 1.04 bits per heavy atom. The number of nitrogens with one attached hydrogen (secondary N) is 1. The molecule has 0 amide bonds. The van der Waals surface area contributed by atoms with Gasteiger partial charge in [-0.15, -0.1) is 0 Å². The van der Waals surface area contributed by atoms with Gasteiger partial charge in [-0.3, -0.25) is 0 Å². The lowest BCUT2D eigenvalue weighted by atomic mass is 10.2. The number of piperazine rings is 1. The third-order valence-corrected chi connectivity index (χ3v) is 6.69. The largest absolute Gasteiger partial charge is 0.494 e. The molecule has 2 aromatic carbocycles. The number of rotatable bonds is 6. The van der Waals surface area contributed by atoms with Crippen molar-refractivity contribution in [1.29, 1.82) is 0 Å². The first-order valence-electron chi connectivity index (χ1n) is 9.65. The van der Waals surface area contributed by atoms with E-state index in [1.54, 1.807) is 30.5 Å². The maximum absolute atomic E-state index is 13.2. The van der Waals surface area contributed by atoms with Crippen LogP contribution in [0.3, 0.4) is 0 Å². The van der Waals surface area contributed by atoms with Crippen molar-refractivity contribution in [2.24, 2.45) is 0 Å². The molecule has 148 valence electrons. The van der Waals surface area contributed by atoms with Crippen LogP contribution in [-0.4, -0.2) is 45.2 Å². The van der Waals surface area contributed by atoms with Crippen molar-refractivity contribution >= 4 is 26.6 Å². The van der Waals surface area contributed by atoms with Crippen molar-refractivity contribution in [2.75, 3.05) is 37.7 Å². The second kappa shape index (κ2) is 7.85. The van der Waals surface area contributed by atoms with Gasteiger partial charge in [0.25, 0.3) is 10.0 Å². The molecular formula is C21H25N3O3S. The Kier molecular flexibility index (Phi) is 5.28. The summed E-state index contributed by atoms with van der Waals surface area (Å²) in [6.45, 7) is 6.34. The van der Waals surface area contributed by atoms with E-state index < -0.39 is 10.0 Å². The third kappa shape index (κ3) is 3.47. The highest BCUT2D eigenvalue weighted by atomic mass is 32.2. The summed E-state index contributed by atoms with van der Waals surface area (Å²) in [5.41, 5.74) is 1.78. The van der Waals surface area contributed by atoms with Crippen LogP contribution in [0.5, 0.6) is 5.75 Å². The molecule has 6 nitrogen and oxygen atoms in total. The molecule has 7 heteroatoms. The van der Waals surface area contributed by atoms with Crippen LogP contribution in [0.15, 0.2) is 59.6 Å². The second-order valence-electron chi connectivity index (χ2n) is 6.88. The SMILES string of the molecule is CCCOc1ccc(S(=O)(=O)n2ccc3c(N4CCNCC4)cccc32)cc1. The van der Waals surface area contributed by atoms with Gasteiger partial charge in [-0.05, 0) is 48.9 Å². The molecule has 2 heterocycles. The number of benzene rings is 2. The molecule has 0 radical (unpaired) electrons. The van der Waals surface area contributed by atoms with Crippen molar-refractivity contribution in [3.05, 3.63) is 54.7 Å². The zero-order valence-electron chi connectivity index (χ0n) is 16.0. The van der Waals surface area contributed by atoms with E-state index >= 15 is 0 Å². The Labute approximate surface area is 165 Å². The molecule has 0 unspecified atom stereocenters. The molecule has 1 N–H and O–H groups in total. The predicted molar refractivity (Wildman–Crippen MR) is 112 cm³/mol. The zero-order chi connectivity index (χ0) is 19.6. The van der Waals surface area contributed by atoms with Crippen molar-refractivity contribution in [3.8, 4) is 5.75 Å². The summed E-state index contributed by atoms with van der Waals surface area (Å²) < 4.78 is 33.4. The van der Waals surface area contributed by atoms with Crippen LogP contribution >= 0.6 is 0 Å². The standard InChI is InChI=1S/C21H25N3O3S/c1-2-16-27-17-6-8-18(9-7-17)28(25,26)24-13-10-19-20(4-3-5-21(19)24)23-14-11-22-12-15-23/h3-10,13,22H,2,11-12,14-16H2,1H3. The van der Waals surface area contributed by atoms with Crippen LogP contribution in [0, 0.1) is 0 Å². The molecule has 1 aliphatic rings. The lowest BCUT2D eigenvalue weighted by molar-refractivity contribution is 0.317. The van der Waals surface area contributed by atoms with Gasteiger partial charge in [0.15, 0.2) is 0 Å². The maximum Gasteiger partial charge on any atom is 0.268 e. The van der Waals surface area contributed by atoms with Gasteiger partial charge in [-0.25, -0.2) is 12.4 Å². The van der Waals surface area contributed by atoms with Crippen LogP contribution in [0.25, 0.3) is 10.9 Å². The van der Waals surface area contributed by atoms with E-state index in [1.807, 2.05) is 25.1 Å². The molecule has 3 aromatic rings. The van der Waals surface area contributed by atoms with Crippen LogP contribution < -0.4 is 15.0 Å². The first-order valence-corrected chi connectivity index (χ1v) is 11.1. The van der Waals surface area contributed by atoms with Gasteiger partial charge in [-0.2, -0.15) is 0 Å². The maximum atomic E-state index is 13.2. The molecule has 4 rings (SSSR count). The van der Waals surface area contributed by atoms with Crippen molar-refractivity contribution in [1.82, 2.24) is 9.29 Å². The third-order valence-electron chi connectivity index (χ3n) is 4.99. The Bertz CT molecular complexity index is 1050. The summed E-state index contributed by atoms with van der Waals surface area (Å²) in [5.74, 6) is 0.680. The summed E-state index contributed by atoms with van der Waals surface area (Å²) in [6, 6.07) is 14.4. The minimum absolute atomic E-state index is 0.251. The highest BCUT2D eigenvalue weighted by molar-refractivity contribution is 7.90. The van der Waals surface area contributed by atoms with Gasteiger partial charge in [0.05, 0.1) is 17.0 Å². The molecule has 0 atom stereocenters. The first kappa shape index (κ1) is 18.8. The average Bonchev–Trinajstić information content (AvgIpc) is 3.18. The first-order chi connectivity index (χ1) is 13.6. The molecular weight excluding hydrogens is 374 g/mol. The van der Waals surface area contributed by atoms with Gasteiger partial charge >= 0.3 is 0 Å². The van der Waals surface area contributed by atoms with E-state index in [0.29, 0.717) is 17.9 Å². The molecule has 0 aliphatic carbocycles. The van der Waals surface area contributed by atoms with Crippen LogP contribution in [0.4, 0.5) is 5.69 Å². The highest BCUT2D eigenvalue weighted by Gasteiger charge is 2.21. The zero-order valence-corrected chi connectivity index (χ0v) is 16.8. The molecule has 1 saturated heterocycles. The number of nitrogens with zero attached hydrogens (tertiary/aromatic N) is 2. The van der Waals surface area contributed by atoms with Gasteiger partial charge in [0.1, 0.15) is 5.75 Å². The smallest absolute Gasteiger partial charge is 0.268 e. The predicted octanol–water partition coefficient (Wildman–Crippen LogP) is 3.08. The second-order valence-corrected chi connectivity index (χ2v) is 8.70. The van der Waals surface area contributed by atoms with E-state index in [4.69, 9.17) is 4.74 Å². The Hall–Kier alpha value is -2.51. The Balaban J connectivity index is 1.70. The molecule has 0 bridgehead atoms. The highest BCUT2D eigenvalue weighted by Crippen LogP contribution is 2.30. The van der Waals surface area contributed by atoms with Crippen molar-refractivity contribution < 1.29 is 13.2 Å². The average molecular weight is 400 g/mol. The summed E-state index contributed by atoms with van der Waals surface area (Å²) in [6.07, 6.45) is 2.55. The lowest BCUT2D eigenvalue weighted by Crippen LogP contribution is -2.43. The van der Waals surface area contributed by atoms with E-state index in [0.717, 1.165) is 43.7 Å². The molecule has 1 aromatic heterocycles. The van der Waals surface area contributed by atoms with Gasteiger partial charge in [0, 0.05) is 43.4 Å². The minimum atomic E-state index is -3.68. The fourth-order valence-corrected chi connectivity index (χ4v) is 4.91. The van der Waals surface area contributed by atoms with E-state index in [-0.39, 0.29) is 4.90 Å². The van der Waals surface area contributed by atoms with Crippen LogP contribution in [0.2, 0.25) is 0 Å². The molecule has 0 spiro atoms. The normalized spacial score (nSPS) is 15.1. The Morgan fingerprint density at radius 3 is 2.50 bits per heavy atom. The molecule has 1 aliphatic heterocycles.